The normalized spacial score (nSPS) is 21.0. The van der Waals surface area contributed by atoms with Crippen molar-refractivity contribution in [1.82, 2.24) is 0 Å². The molecule has 1 nitrogen and oxygen atoms in total. The van der Waals surface area contributed by atoms with Crippen LogP contribution in [-0.2, 0) is 0 Å². The number of thioether (sulfide) groups is 1. The summed E-state index contributed by atoms with van der Waals surface area (Å²) in [5, 5.41) is 10.8. The van der Waals surface area contributed by atoms with Gasteiger partial charge in [-0.2, -0.15) is 11.8 Å². The Labute approximate surface area is 105 Å². The predicted octanol–water partition coefficient (Wildman–Crippen LogP) is 4.24. The molecule has 16 heavy (non-hydrogen) atoms. The molecule has 0 aliphatic heterocycles. The fraction of sp³-hybridized carbons (Fsp3) is 1.00. The highest BCUT2D eigenvalue weighted by molar-refractivity contribution is 7.99. The third-order valence-corrected chi connectivity index (χ3v) is 4.82. The first-order chi connectivity index (χ1) is 7.47. The average molecular weight is 244 g/mol. The molecule has 0 bridgehead atoms. The van der Waals surface area contributed by atoms with E-state index in [1.807, 2.05) is 11.8 Å². The van der Waals surface area contributed by atoms with E-state index in [0.717, 1.165) is 23.8 Å². The number of aliphatic hydroxyl groups is 1. The average Bonchev–Trinajstić information content (AvgIpc) is 2.24. The molecule has 0 aromatic heterocycles. The van der Waals surface area contributed by atoms with Crippen molar-refractivity contribution in [2.75, 3.05) is 5.75 Å². The van der Waals surface area contributed by atoms with Crippen molar-refractivity contribution in [2.24, 2.45) is 5.41 Å². The van der Waals surface area contributed by atoms with Crippen molar-refractivity contribution >= 4 is 11.8 Å². The fourth-order valence-electron chi connectivity index (χ4n) is 2.16. The molecule has 2 heteroatoms. The molecule has 0 aromatic rings. The van der Waals surface area contributed by atoms with Gasteiger partial charge in [-0.3, -0.25) is 0 Å². The summed E-state index contributed by atoms with van der Waals surface area (Å²) < 4.78 is 0. The highest BCUT2D eigenvalue weighted by Gasteiger charge is 2.17. The summed E-state index contributed by atoms with van der Waals surface area (Å²) >= 11 is 2.01. The summed E-state index contributed by atoms with van der Waals surface area (Å²) in [6.07, 6.45) is 8.96. The molecular formula is C14H28OS. The SMILES string of the molecule is CC(C)(C)CCC(O)CSC1CCCCC1. The van der Waals surface area contributed by atoms with E-state index < -0.39 is 0 Å². The van der Waals surface area contributed by atoms with Crippen molar-refractivity contribution < 1.29 is 5.11 Å². The summed E-state index contributed by atoms with van der Waals surface area (Å²) in [6, 6.07) is 0. The molecule has 0 heterocycles. The lowest BCUT2D eigenvalue weighted by atomic mass is 9.89. The van der Waals surface area contributed by atoms with Crippen LogP contribution in [0.15, 0.2) is 0 Å². The largest absolute Gasteiger partial charge is 0.392 e. The molecule has 0 radical (unpaired) electrons. The zero-order valence-electron chi connectivity index (χ0n) is 11.2. The Hall–Kier alpha value is 0.310. The summed E-state index contributed by atoms with van der Waals surface area (Å²) in [5.41, 5.74) is 0.358. The third-order valence-electron chi connectivity index (χ3n) is 3.30. The molecule has 1 atom stereocenters. The lowest BCUT2D eigenvalue weighted by Gasteiger charge is -2.24. The molecule has 1 saturated carbocycles. The monoisotopic (exact) mass is 244 g/mol. The molecule has 0 aromatic carbocycles. The minimum Gasteiger partial charge on any atom is -0.392 e. The fourth-order valence-corrected chi connectivity index (χ4v) is 3.49. The lowest BCUT2D eigenvalue weighted by molar-refractivity contribution is 0.167. The summed E-state index contributed by atoms with van der Waals surface area (Å²) in [4.78, 5) is 0. The van der Waals surface area contributed by atoms with Gasteiger partial charge in [-0.25, -0.2) is 0 Å². The summed E-state index contributed by atoms with van der Waals surface area (Å²) in [7, 11) is 0. The summed E-state index contributed by atoms with van der Waals surface area (Å²) in [5.74, 6) is 0.945. The van der Waals surface area contributed by atoms with Crippen LogP contribution in [0, 0.1) is 5.41 Å². The first-order valence-corrected chi connectivity index (χ1v) is 7.82. The van der Waals surface area contributed by atoms with Gasteiger partial charge in [0, 0.05) is 11.0 Å². The van der Waals surface area contributed by atoms with Crippen molar-refractivity contribution in [2.45, 2.75) is 77.1 Å². The number of rotatable bonds is 5. The highest BCUT2D eigenvalue weighted by atomic mass is 32.2. The van der Waals surface area contributed by atoms with Gasteiger partial charge in [0.1, 0.15) is 0 Å². The maximum absolute atomic E-state index is 9.92. The van der Waals surface area contributed by atoms with Crippen LogP contribution < -0.4 is 0 Å². The summed E-state index contributed by atoms with van der Waals surface area (Å²) in [6.45, 7) is 6.73. The van der Waals surface area contributed by atoms with Crippen molar-refractivity contribution in [3.63, 3.8) is 0 Å². The van der Waals surface area contributed by atoms with Gasteiger partial charge < -0.3 is 5.11 Å². The molecule has 1 aliphatic rings. The number of hydrogen-bond donors (Lipinski definition) is 1. The van der Waals surface area contributed by atoms with Gasteiger partial charge in [0.2, 0.25) is 0 Å². The molecule has 1 unspecified atom stereocenters. The van der Waals surface area contributed by atoms with Gasteiger partial charge in [-0.15, -0.1) is 0 Å². The van der Waals surface area contributed by atoms with Gasteiger partial charge in [-0.1, -0.05) is 40.0 Å². The topological polar surface area (TPSA) is 20.2 Å². The predicted molar refractivity (Wildman–Crippen MR) is 74.0 cm³/mol. The maximum atomic E-state index is 9.92. The Morgan fingerprint density at radius 1 is 1.19 bits per heavy atom. The van der Waals surface area contributed by atoms with E-state index in [1.165, 1.54) is 32.1 Å². The molecule has 1 N–H and O–H groups in total. The molecule has 1 rings (SSSR count). The molecule has 0 amide bonds. The molecule has 96 valence electrons. The van der Waals surface area contributed by atoms with Gasteiger partial charge in [0.05, 0.1) is 6.10 Å². The molecule has 0 saturated heterocycles. The van der Waals surface area contributed by atoms with Crippen molar-refractivity contribution in [1.29, 1.82) is 0 Å². The molecular weight excluding hydrogens is 216 g/mol. The van der Waals surface area contributed by atoms with E-state index in [1.54, 1.807) is 0 Å². The van der Waals surface area contributed by atoms with Crippen LogP contribution in [0.4, 0.5) is 0 Å². The van der Waals surface area contributed by atoms with Gasteiger partial charge in [0.15, 0.2) is 0 Å². The van der Waals surface area contributed by atoms with E-state index in [-0.39, 0.29) is 6.10 Å². The number of aliphatic hydroxyl groups excluding tert-OH is 1. The second-order valence-electron chi connectivity index (χ2n) is 6.35. The molecule has 0 spiro atoms. The first-order valence-electron chi connectivity index (χ1n) is 6.77. The Morgan fingerprint density at radius 3 is 2.38 bits per heavy atom. The van der Waals surface area contributed by atoms with Gasteiger partial charge in [-0.05, 0) is 31.1 Å². The van der Waals surface area contributed by atoms with Gasteiger partial charge in [0.25, 0.3) is 0 Å². The van der Waals surface area contributed by atoms with Crippen LogP contribution in [0.3, 0.4) is 0 Å². The minimum atomic E-state index is -0.0915. The Kier molecular flexibility index (Phi) is 6.20. The highest BCUT2D eigenvalue weighted by Crippen LogP contribution is 2.29. The van der Waals surface area contributed by atoms with Crippen LogP contribution in [-0.4, -0.2) is 22.2 Å². The van der Waals surface area contributed by atoms with Crippen LogP contribution in [0.2, 0.25) is 0 Å². The zero-order valence-corrected chi connectivity index (χ0v) is 12.0. The van der Waals surface area contributed by atoms with Crippen LogP contribution >= 0.6 is 11.8 Å². The van der Waals surface area contributed by atoms with E-state index in [4.69, 9.17) is 0 Å². The molecule has 1 aliphatic carbocycles. The quantitative estimate of drug-likeness (QED) is 0.780. The maximum Gasteiger partial charge on any atom is 0.0630 e. The second kappa shape index (κ2) is 6.90. The smallest absolute Gasteiger partial charge is 0.0630 e. The lowest BCUT2D eigenvalue weighted by Crippen LogP contribution is -2.18. The molecule has 1 fully saturated rings. The number of hydrogen-bond acceptors (Lipinski definition) is 2. The standard InChI is InChI=1S/C14H28OS/c1-14(2,3)10-9-12(15)11-16-13-7-5-4-6-8-13/h12-13,15H,4-11H2,1-3H3. The minimum absolute atomic E-state index is 0.0915. The van der Waals surface area contributed by atoms with E-state index in [9.17, 15) is 5.11 Å². The Balaban J connectivity index is 2.07. The Bertz CT molecular complexity index is 180. The van der Waals surface area contributed by atoms with Crippen LogP contribution in [0.5, 0.6) is 0 Å². The van der Waals surface area contributed by atoms with Gasteiger partial charge >= 0.3 is 0 Å². The van der Waals surface area contributed by atoms with E-state index in [2.05, 4.69) is 20.8 Å². The first kappa shape index (κ1) is 14.4. The van der Waals surface area contributed by atoms with Crippen LogP contribution in [0.25, 0.3) is 0 Å². The van der Waals surface area contributed by atoms with Crippen molar-refractivity contribution in [3.05, 3.63) is 0 Å². The van der Waals surface area contributed by atoms with Crippen molar-refractivity contribution in [3.8, 4) is 0 Å². The van der Waals surface area contributed by atoms with E-state index in [0.29, 0.717) is 5.41 Å². The second-order valence-corrected chi connectivity index (χ2v) is 7.68. The third kappa shape index (κ3) is 6.80. The van der Waals surface area contributed by atoms with E-state index >= 15 is 0 Å². The zero-order chi connectivity index (χ0) is 12.0. The Morgan fingerprint density at radius 2 is 1.81 bits per heavy atom. The van der Waals surface area contributed by atoms with Crippen LogP contribution in [0.1, 0.15) is 65.7 Å².